The molecule has 0 atom stereocenters. The van der Waals surface area contributed by atoms with Crippen LogP contribution in [0.3, 0.4) is 0 Å². The molecule has 0 saturated carbocycles. The summed E-state index contributed by atoms with van der Waals surface area (Å²) in [7, 11) is -3.21. The van der Waals surface area contributed by atoms with Crippen LogP contribution in [0.2, 0.25) is 0 Å². The van der Waals surface area contributed by atoms with Gasteiger partial charge in [0.2, 0.25) is 10.0 Å². The van der Waals surface area contributed by atoms with Crippen molar-refractivity contribution in [2.75, 3.05) is 10.5 Å². The van der Waals surface area contributed by atoms with E-state index in [4.69, 9.17) is 0 Å². The van der Waals surface area contributed by atoms with Crippen molar-refractivity contribution in [1.82, 2.24) is 0 Å². The fraction of sp³-hybridized carbons (Fsp3) is 0.714. The molecule has 0 radical (unpaired) electrons. The molecule has 0 bridgehead atoms. The summed E-state index contributed by atoms with van der Waals surface area (Å²) in [5.41, 5.74) is 1.79. The summed E-state index contributed by atoms with van der Waals surface area (Å²) < 4.78 is 26.8. The second kappa shape index (κ2) is 13.2. The third-order valence-electron chi connectivity index (χ3n) is 4.59. The Morgan fingerprint density at radius 2 is 1.16 bits per heavy atom. The fourth-order valence-corrected chi connectivity index (χ4v) is 4.17. The monoisotopic (exact) mass is 367 g/mol. The molecule has 1 aromatic carbocycles. The van der Waals surface area contributed by atoms with E-state index in [1.54, 1.807) is 0 Å². The highest BCUT2D eigenvalue weighted by Crippen LogP contribution is 2.14. The van der Waals surface area contributed by atoms with Gasteiger partial charge in [-0.05, 0) is 25.5 Å². The summed E-state index contributed by atoms with van der Waals surface area (Å²) in [4.78, 5) is 0. The predicted octanol–water partition coefficient (Wildman–Crippen LogP) is 6.44. The van der Waals surface area contributed by atoms with Crippen molar-refractivity contribution >= 4 is 15.7 Å². The quantitative estimate of drug-likeness (QED) is 0.363. The summed E-state index contributed by atoms with van der Waals surface area (Å²) >= 11 is 0. The van der Waals surface area contributed by atoms with Gasteiger partial charge in [0.1, 0.15) is 0 Å². The highest BCUT2D eigenvalue weighted by atomic mass is 32.2. The Hall–Kier alpha value is -1.03. The van der Waals surface area contributed by atoms with Gasteiger partial charge in [-0.1, -0.05) is 95.2 Å². The maximum Gasteiger partial charge on any atom is 0.232 e. The van der Waals surface area contributed by atoms with Crippen LogP contribution in [-0.4, -0.2) is 14.2 Å². The third kappa shape index (κ3) is 12.0. The number of anilines is 1. The van der Waals surface area contributed by atoms with E-state index in [1.807, 2.05) is 31.2 Å². The van der Waals surface area contributed by atoms with Crippen molar-refractivity contribution in [3.05, 3.63) is 29.8 Å². The van der Waals surface area contributed by atoms with Gasteiger partial charge in [-0.15, -0.1) is 0 Å². The molecule has 0 fully saturated rings. The highest BCUT2D eigenvalue weighted by molar-refractivity contribution is 7.92. The predicted molar refractivity (Wildman–Crippen MR) is 110 cm³/mol. The summed E-state index contributed by atoms with van der Waals surface area (Å²) in [6.07, 6.45) is 15.0. The van der Waals surface area contributed by atoms with Crippen molar-refractivity contribution in [2.24, 2.45) is 0 Å². The summed E-state index contributed by atoms with van der Waals surface area (Å²) in [5, 5.41) is 0. The Bertz CT molecular complexity index is 538. The van der Waals surface area contributed by atoms with Crippen LogP contribution in [-0.2, 0) is 10.0 Å². The highest BCUT2D eigenvalue weighted by Gasteiger charge is 2.09. The van der Waals surface area contributed by atoms with E-state index in [9.17, 15) is 8.42 Å². The first-order chi connectivity index (χ1) is 12.0. The lowest BCUT2D eigenvalue weighted by molar-refractivity contribution is 0.546. The van der Waals surface area contributed by atoms with Crippen LogP contribution in [0.5, 0.6) is 0 Å². The minimum absolute atomic E-state index is 0.221. The second-order valence-electron chi connectivity index (χ2n) is 7.18. The van der Waals surface area contributed by atoms with Crippen LogP contribution < -0.4 is 4.72 Å². The number of hydrogen-bond acceptors (Lipinski definition) is 2. The van der Waals surface area contributed by atoms with E-state index in [1.165, 1.54) is 57.8 Å². The summed E-state index contributed by atoms with van der Waals surface area (Å²) in [6.45, 7) is 4.24. The number of unbranched alkanes of at least 4 members (excludes halogenated alkanes) is 11. The number of benzene rings is 1. The van der Waals surface area contributed by atoms with Crippen molar-refractivity contribution in [2.45, 2.75) is 90.9 Å². The molecule has 0 saturated heterocycles. The van der Waals surface area contributed by atoms with E-state index in [0.717, 1.165) is 24.8 Å². The van der Waals surface area contributed by atoms with E-state index >= 15 is 0 Å². The van der Waals surface area contributed by atoms with Gasteiger partial charge in [0, 0.05) is 5.69 Å². The van der Waals surface area contributed by atoms with E-state index in [-0.39, 0.29) is 5.75 Å². The van der Waals surface area contributed by atoms with Crippen molar-refractivity contribution in [3.63, 3.8) is 0 Å². The van der Waals surface area contributed by atoms with Gasteiger partial charge >= 0.3 is 0 Å². The van der Waals surface area contributed by atoms with Gasteiger partial charge in [0.15, 0.2) is 0 Å². The number of nitrogens with one attached hydrogen (secondary N) is 1. The molecule has 3 nitrogen and oxygen atoms in total. The normalized spacial score (nSPS) is 11.6. The Labute approximate surface area is 155 Å². The van der Waals surface area contributed by atoms with Crippen LogP contribution in [0, 0.1) is 6.92 Å². The number of aryl methyl sites for hydroxylation is 1. The third-order valence-corrected chi connectivity index (χ3v) is 5.96. The average molecular weight is 368 g/mol. The maximum absolute atomic E-state index is 12.1. The van der Waals surface area contributed by atoms with E-state index < -0.39 is 10.0 Å². The molecule has 1 aromatic rings. The molecule has 0 aliphatic heterocycles. The van der Waals surface area contributed by atoms with Crippen molar-refractivity contribution in [3.8, 4) is 0 Å². The molecule has 0 spiro atoms. The van der Waals surface area contributed by atoms with Crippen molar-refractivity contribution in [1.29, 1.82) is 0 Å². The topological polar surface area (TPSA) is 46.2 Å². The number of sulfonamides is 1. The summed E-state index contributed by atoms with van der Waals surface area (Å²) in [6, 6.07) is 7.47. The minimum Gasteiger partial charge on any atom is -0.284 e. The molecule has 0 aliphatic rings. The molecule has 0 amide bonds. The van der Waals surface area contributed by atoms with Crippen LogP contribution in [0.25, 0.3) is 0 Å². The largest absolute Gasteiger partial charge is 0.284 e. The second-order valence-corrected chi connectivity index (χ2v) is 9.02. The van der Waals surface area contributed by atoms with Gasteiger partial charge in [-0.2, -0.15) is 0 Å². The van der Waals surface area contributed by atoms with E-state index in [2.05, 4.69) is 11.6 Å². The fourth-order valence-electron chi connectivity index (χ4n) is 2.99. The van der Waals surface area contributed by atoms with Crippen molar-refractivity contribution < 1.29 is 8.42 Å². The van der Waals surface area contributed by atoms with Crippen LogP contribution in [0.1, 0.15) is 89.5 Å². The summed E-state index contributed by atoms with van der Waals surface area (Å²) in [5.74, 6) is 0.221. The molecule has 1 N–H and O–H groups in total. The van der Waals surface area contributed by atoms with E-state index in [0.29, 0.717) is 5.69 Å². The molecular formula is C21H37NO2S. The first-order valence-electron chi connectivity index (χ1n) is 10.1. The van der Waals surface area contributed by atoms with Gasteiger partial charge < -0.3 is 0 Å². The SMILES string of the molecule is CCCCCCCCCCCCCCS(=O)(=O)Nc1ccc(C)cc1. The molecule has 25 heavy (non-hydrogen) atoms. The van der Waals surface area contributed by atoms with Gasteiger partial charge in [-0.3, -0.25) is 4.72 Å². The lowest BCUT2D eigenvalue weighted by Gasteiger charge is -2.08. The zero-order chi connectivity index (χ0) is 18.4. The lowest BCUT2D eigenvalue weighted by atomic mass is 10.1. The molecule has 4 heteroatoms. The number of rotatable bonds is 15. The molecular weight excluding hydrogens is 330 g/mol. The zero-order valence-corrected chi connectivity index (χ0v) is 17.0. The lowest BCUT2D eigenvalue weighted by Crippen LogP contribution is -2.16. The first kappa shape index (κ1) is 22.0. The first-order valence-corrected chi connectivity index (χ1v) is 11.8. The van der Waals surface area contributed by atoms with Gasteiger partial charge in [-0.25, -0.2) is 8.42 Å². The Balaban J connectivity index is 1.99. The minimum atomic E-state index is -3.21. The molecule has 0 unspecified atom stereocenters. The Morgan fingerprint density at radius 3 is 1.64 bits per heavy atom. The van der Waals surface area contributed by atoms with Gasteiger partial charge in [0.25, 0.3) is 0 Å². The zero-order valence-electron chi connectivity index (χ0n) is 16.2. The molecule has 1 rings (SSSR count). The smallest absolute Gasteiger partial charge is 0.232 e. The standard InChI is InChI=1S/C21H37NO2S/c1-3-4-5-6-7-8-9-10-11-12-13-14-19-25(23,24)22-21-17-15-20(2)16-18-21/h15-18,22H,3-14,19H2,1-2H3. The molecule has 0 aliphatic carbocycles. The van der Waals surface area contributed by atoms with Gasteiger partial charge in [0.05, 0.1) is 5.75 Å². The average Bonchev–Trinajstić information content (AvgIpc) is 2.58. The molecule has 0 aromatic heterocycles. The van der Waals surface area contributed by atoms with Crippen LogP contribution >= 0.6 is 0 Å². The molecule has 0 heterocycles. The van der Waals surface area contributed by atoms with Crippen LogP contribution in [0.4, 0.5) is 5.69 Å². The Kier molecular flexibility index (Phi) is 11.6. The van der Waals surface area contributed by atoms with Crippen LogP contribution in [0.15, 0.2) is 24.3 Å². The maximum atomic E-state index is 12.1. The molecule has 144 valence electrons. The Morgan fingerprint density at radius 1 is 0.720 bits per heavy atom. The number of hydrogen-bond donors (Lipinski definition) is 1.